The molecule has 0 spiro atoms. The Balaban J connectivity index is 3.29. The van der Waals surface area contributed by atoms with Crippen molar-refractivity contribution >= 4 is 12.0 Å². The number of hydrogen-bond acceptors (Lipinski definition) is 1. The standard InChI is InChI=1S/C10H10O2/c1-3-8-6-7(2)4-5-9(8)10(11)12/h3-6H,1H2,2H3,(H,11,12). The molecule has 0 saturated carbocycles. The Morgan fingerprint density at radius 3 is 2.75 bits per heavy atom. The fourth-order valence-electron chi connectivity index (χ4n) is 1.05. The maximum absolute atomic E-state index is 10.6. The Morgan fingerprint density at radius 1 is 1.58 bits per heavy atom. The summed E-state index contributed by atoms with van der Waals surface area (Å²) in [6, 6.07) is 5.17. The molecule has 2 nitrogen and oxygen atoms in total. The van der Waals surface area contributed by atoms with E-state index in [9.17, 15) is 4.79 Å². The summed E-state index contributed by atoms with van der Waals surface area (Å²) < 4.78 is 0. The Labute approximate surface area is 71.2 Å². The van der Waals surface area contributed by atoms with E-state index >= 15 is 0 Å². The Kier molecular flexibility index (Phi) is 2.29. The summed E-state index contributed by atoms with van der Waals surface area (Å²) in [5, 5.41) is 8.74. The molecule has 0 atom stereocenters. The smallest absolute Gasteiger partial charge is 0.336 e. The van der Waals surface area contributed by atoms with Crippen LogP contribution in [0, 0.1) is 6.92 Å². The molecule has 0 aromatic heterocycles. The highest BCUT2D eigenvalue weighted by atomic mass is 16.4. The van der Waals surface area contributed by atoms with E-state index in [1.165, 1.54) is 0 Å². The fourth-order valence-corrected chi connectivity index (χ4v) is 1.05. The number of hydrogen-bond donors (Lipinski definition) is 1. The van der Waals surface area contributed by atoms with Crippen molar-refractivity contribution in [3.63, 3.8) is 0 Å². The molecule has 0 unspecified atom stereocenters. The summed E-state index contributed by atoms with van der Waals surface area (Å²) in [5.74, 6) is -0.912. The first-order valence-corrected chi connectivity index (χ1v) is 3.61. The molecule has 0 bridgehead atoms. The minimum absolute atomic E-state index is 0.301. The van der Waals surface area contributed by atoms with E-state index in [4.69, 9.17) is 5.11 Å². The first-order valence-electron chi connectivity index (χ1n) is 3.61. The lowest BCUT2D eigenvalue weighted by Gasteiger charge is -2.01. The summed E-state index contributed by atoms with van der Waals surface area (Å²) in [6.07, 6.45) is 1.55. The first-order chi connectivity index (χ1) is 5.65. The van der Waals surface area contributed by atoms with Crippen molar-refractivity contribution in [2.75, 3.05) is 0 Å². The van der Waals surface area contributed by atoms with Crippen LogP contribution in [-0.2, 0) is 0 Å². The van der Waals surface area contributed by atoms with E-state index in [0.29, 0.717) is 11.1 Å². The maximum atomic E-state index is 10.6. The third-order valence-corrected chi connectivity index (χ3v) is 1.66. The van der Waals surface area contributed by atoms with Gasteiger partial charge in [0.2, 0.25) is 0 Å². The van der Waals surface area contributed by atoms with Gasteiger partial charge in [0.15, 0.2) is 0 Å². The molecule has 1 aromatic carbocycles. The summed E-state index contributed by atoms with van der Waals surface area (Å²) in [4.78, 5) is 10.6. The zero-order valence-electron chi connectivity index (χ0n) is 6.87. The molecular weight excluding hydrogens is 152 g/mol. The molecule has 0 fully saturated rings. The number of aryl methyl sites for hydroxylation is 1. The molecule has 0 aliphatic rings. The fraction of sp³-hybridized carbons (Fsp3) is 0.100. The van der Waals surface area contributed by atoms with Gasteiger partial charge in [-0.1, -0.05) is 30.4 Å². The minimum Gasteiger partial charge on any atom is -0.478 e. The minimum atomic E-state index is -0.912. The van der Waals surface area contributed by atoms with Crippen LogP contribution in [0.3, 0.4) is 0 Å². The molecule has 12 heavy (non-hydrogen) atoms. The molecule has 0 radical (unpaired) electrons. The normalized spacial score (nSPS) is 9.42. The van der Waals surface area contributed by atoms with Gasteiger partial charge < -0.3 is 5.11 Å². The number of benzene rings is 1. The molecule has 2 heteroatoms. The Bertz CT molecular complexity index is 327. The van der Waals surface area contributed by atoms with E-state index in [0.717, 1.165) is 5.56 Å². The molecular formula is C10H10O2. The Morgan fingerprint density at radius 2 is 2.25 bits per heavy atom. The average Bonchev–Trinajstić information content (AvgIpc) is 2.03. The van der Waals surface area contributed by atoms with Crippen LogP contribution in [0.15, 0.2) is 24.8 Å². The van der Waals surface area contributed by atoms with Crippen LogP contribution >= 0.6 is 0 Å². The zero-order valence-corrected chi connectivity index (χ0v) is 6.87. The van der Waals surface area contributed by atoms with Gasteiger partial charge in [0.1, 0.15) is 0 Å². The van der Waals surface area contributed by atoms with E-state index < -0.39 is 5.97 Å². The second-order valence-corrected chi connectivity index (χ2v) is 2.60. The molecule has 0 amide bonds. The third-order valence-electron chi connectivity index (χ3n) is 1.66. The van der Waals surface area contributed by atoms with Crippen LogP contribution in [0.1, 0.15) is 21.5 Å². The number of carbonyl (C=O) groups is 1. The van der Waals surface area contributed by atoms with Gasteiger partial charge in [0.05, 0.1) is 5.56 Å². The summed E-state index contributed by atoms with van der Waals surface area (Å²) in [6.45, 7) is 5.47. The van der Waals surface area contributed by atoms with Gasteiger partial charge in [-0.05, 0) is 18.6 Å². The average molecular weight is 162 g/mol. The predicted octanol–water partition coefficient (Wildman–Crippen LogP) is 2.34. The number of rotatable bonds is 2. The molecule has 0 aliphatic heterocycles. The van der Waals surface area contributed by atoms with Crippen LogP contribution in [0.4, 0.5) is 0 Å². The van der Waals surface area contributed by atoms with Crippen LogP contribution in [-0.4, -0.2) is 11.1 Å². The van der Waals surface area contributed by atoms with Gasteiger partial charge in [-0.2, -0.15) is 0 Å². The van der Waals surface area contributed by atoms with Crippen molar-refractivity contribution in [1.29, 1.82) is 0 Å². The molecule has 0 aliphatic carbocycles. The number of aromatic carboxylic acids is 1. The summed E-state index contributed by atoms with van der Waals surface area (Å²) in [5.41, 5.74) is 2.01. The van der Waals surface area contributed by atoms with Crippen LogP contribution in [0.2, 0.25) is 0 Å². The lowest BCUT2D eigenvalue weighted by Crippen LogP contribution is -1.99. The highest BCUT2D eigenvalue weighted by Gasteiger charge is 2.06. The van der Waals surface area contributed by atoms with Gasteiger partial charge in [-0.15, -0.1) is 0 Å². The maximum Gasteiger partial charge on any atom is 0.336 e. The Hall–Kier alpha value is -1.57. The monoisotopic (exact) mass is 162 g/mol. The van der Waals surface area contributed by atoms with E-state index in [2.05, 4.69) is 6.58 Å². The molecule has 1 rings (SSSR count). The number of carboxylic acids is 1. The number of carboxylic acid groups (broad SMARTS) is 1. The van der Waals surface area contributed by atoms with Gasteiger partial charge in [-0.25, -0.2) is 4.79 Å². The highest BCUT2D eigenvalue weighted by molar-refractivity contribution is 5.92. The molecule has 62 valence electrons. The summed E-state index contributed by atoms with van der Waals surface area (Å²) in [7, 11) is 0. The van der Waals surface area contributed by atoms with Crippen molar-refractivity contribution < 1.29 is 9.90 Å². The zero-order chi connectivity index (χ0) is 9.14. The second-order valence-electron chi connectivity index (χ2n) is 2.60. The van der Waals surface area contributed by atoms with E-state index in [1.54, 1.807) is 24.3 Å². The van der Waals surface area contributed by atoms with Crippen LogP contribution in [0.5, 0.6) is 0 Å². The topological polar surface area (TPSA) is 37.3 Å². The van der Waals surface area contributed by atoms with Crippen molar-refractivity contribution in [2.45, 2.75) is 6.92 Å². The van der Waals surface area contributed by atoms with Gasteiger partial charge in [0.25, 0.3) is 0 Å². The summed E-state index contributed by atoms with van der Waals surface area (Å²) >= 11 is 0. The van der Waals surface area contributed by atoms with Crippen LogP contribution < -0.4 is 0 Å². The van der Waals surface area contributed by atoms with Crippen molar-refractivity contribution in [2.24, 2.45) is 0 Å². The van der Waals surface area contributed by atoms with Crippen molar-refractivity contribution in [3.05, 3.63) is 41.5 Å². The van der Waals surface area contributed by atoms with Gasteiger partial charge in [0, 0.05) is 0 Å². The lowest BCUT2D eigenvalue weighted by atomic mass is 10.0. The second kappa shape index (κ2) is 3.22. The predicted molar refractivity (Wildman–Crippen MR) is 48.2 cm³/mol. The van der Waals surface area contributed by atoms with Gasteiger partial charge in [-0.3, -0.25) is 0 Å². The SMILES string of the molecule is C=Cc1cc(C)ccc1C(=O)O. The van der Waals surface area contributed by atoms with E-state index in [1.807, 2.05) is 6.92 Å². The lowest BCUT2D eigenvalue weighted by molar-refractivity contribution is 0.0696. The van der Waals surface area contributed by atoms with Crippen molar-refractivity contribution in [3.8, 4) is 0 Å². The largest absolute Gasteiger partial charge is 0.478 e. The highest BCUT2D eigenvalue weighted by Crippen LogP contribution is 2.12. The van der Waals surface area contributed by atoms with E-state index in [-0.39, 0.29) is 0 Å². The van der Waals surface area contributed by atoms with Crippen molar-refractivity contribution in [1.82, 2.24) is 0 Å². The molecule has 0 saturated heterocycles. The quantitative estimate of drug-likeness (QED) is 0.724. The first kappa shape index (κ1) is 8.53. The third kappa shape index (κ3) is 1.53. The molecule has 1 aromatic rings. The molecule has 0 heterocycles. The van der Waals surface area contributed by atoms with Crippen LogP contribution in [0.25, 0.3) is 6.08 Å². The van der Waals surface area contributed by atoms with Gasteiger partial charge >= 0.3 is 5.97 Å². The molecule has 1 N–H and O–H groups in total.